The maximum atomic E-state index is 11.5. The lowest BCUT2D eigenvalue weighted by Gasteiger charge is -2.09. The molecule has 3 aromatic heterocycles. The minimum atomic E-state index is -3.76. The van der Waals surface area contributed by atoms with Gasteiger partial charge in [-0.25, -0.2) is 23.5 Å². The number of primary sulfonamides is 1. The third kappa shape index (κ3) is 4.00. The molecule has 0 bridgehead atoms. The average molecular weight is 415 g/mol. The summed E-state index contributed by atoms with van der Waals surface area (Å²) in [5, 5.41) is 24.9. The Kier molecular flexibility index (Phi) is 4.68. The van der Waals surface area contributed by atoms with Crippen LogP contribution in [0.3, 0.4) is 0 Å². The van der Waals surface area contributed by atoms with E-state index < -0.39 is 10.0 Å². The molecule has 0 aromatic carbocycles. The number of nitrogens with two attached hydrogens (primary N) is 1. The maximum absolute atomic E-state index is 11.5. The molecular weight excluding hydrogens is 388 g/mol. The number of nitrogens with one attached hydrogen (secondary N) is 2. The van der Waals surface area contributed by atoms with E-state index in [1.165, 1.54) is 18.9 Å². The molecule has 5 N–H and O–H groups in total. The van der Waals surface area contributed by atoms with Crippen LogP contribution in [0, 0.1) is 0 Å². The second-order valence-electron chi connectivity index (χ2n) is 6.31. The van der Waals surface area contributed by atoms with Gasteiger partial charge in [-0.1, -0.05) is 0 Å². The molecule has 1 aliphatic rings. The fourth-order valence-electron chi connectivity index (χ4n) is 2.66. The molecule has 9 nitrogen and oxygen atoms in total. The predicted octanol–water partition coefficient (Wildman–Crippen LogP) is 2.72. The van der Waals surface area contributed by atoms with Gasteiger partial charge in [0.15, 0.2) is 11.6 Å². The van der Waals surface area contributed by atoms with Crippen LogP contribution in [0.2, 0.25) is 0 Å². The first-order valence-electron chi connectivity index (χ1n) is 8.36. The highest BCUT2D eigenvalue weighted by Crippen LogP contribution is 2.39. The van der Waals surface area contributed by atoms with Crippen molar-refractivity contribution in [3.63, 3.8) is 0 Å². The Hall–Kier alpha value is -2.34. The van der Waals surface area contributed by atoms with Gasteiger partial charge in [0, 0.05) is 48.2 Å². The molecule has 0 saturated heterocycles. The molecular formula is C16H26N6O3S2. The van der Waals surface area contributed by atoms with E-state index in [0.717, 1.165) is 22.6 Å². The highest BCUT2D eigenvalue weighted by Gasteiger charge is 2.25. The van der Waals surface area contributed by atoms with Crippen molar-refractivity contribution in [2.75, 3.05) is 11.9 Å². The number of hydrogen-bond donors (Lipinski definition) is 4. The summed E-state index contributed by atoms with van der Waals surface area (Å²) in [7, 11) is -3.76. The normalized spacial score (nSPS) is 14.4. The molecule has 0 spiro atoms. The standard InChI is InChI=1S/C16H18N6O3S2.4H2/c17-27(24,25)14-4-3-12(26-14)16-18-8-10(5-6-23)15(20-16)19-13-7-11(21-22-13)9-1-2-9;;;;/h3-4,7-9,23H,1-2,5-6H2,(H2,17,24,25)(H2,18,19,20,21,22);4*1H. The summed E-state index contributed by atoms with van der Waals surface area (Å²) in [6.45, 7) is -0.0418. The van der Waals surface area contributed by atoms with Gasteiger partial charge in [0.1, 0.15) is 10.0 Å². The Bertz CT molecular complexity index is 1090. The molecule has 0 aliphatic heterocycles. The Morgan fingerprint density at radius 1 is 1.41 bits per heavy atom. The lowest BCUT2D eigenvalue weighted by molar-refractivity contribution is 0.299. The van der Waals surface area contributed by atoms with Crippen molar-refractivity contribution in [1.29, 1.82) is 0 Å². The SMILES string of the molecule is NS(=O)(=O)c1ccc(-c2ncc(CCO)c(Nc3cc(C4CC4)[nH]n3)n2)s1.[HH].[HH].[HH].[HH]. The minimum Gasteiger partial charge on any atom is -0.396 e. The molecule has 150 valence electrons. The first-order valence-corrected chi connectivity index (χ1v) is 10.7. The summed E-state index contributed by atoms with van der Waals surface area (Å²) < 4.78 is 23.0. The Labute approximate surface area is 165 Å². The second kappa shape index (κ2) is 7.00. The van der Waals surface area contributed by atoms with Crippen LogP contribution >= 0.6 is 11.3 Å². The van der Waals surface area contributed by atoms with Gasteiger partial charge < -0.3 is 10.4 Å². The van der Waals surface area contributed by atoms with Crippen LogP contribution in [0.4, 0.5) is 11.6 Å². The Morgan fingerprint density at radius 2 is 2.22 bits per heavy atom. The van der Waals surface area contributed by atoms with Crippen LogP contribution in [-0.2, 0) is 16.4 Å². The first kappa shape index (κ1) is 18.0. The van der Waals surface area contributed by atoms with E-state index in [4.69, 9.17) is 5.14 Å². The fraction of sp³-hybridized carbons (Fsp3) is 0.312. The van der Waals surface area contributed by atoms with Gasteiger partial charge in [0.2, 0.25) is 10.0 Å². The number of rotatable bonds is 7. The van der Waals surface area contributed by atoms with E-state index in [1.54, 1.807) is 12.3 Å². The summed E-state index contributed by atoms with van der Waals surface area (Å²) in [5.41, 5.74) is 1.83. The minimum absolute atomic E-state index is 0. The zero-order valence-corrected chi connectivity index (χ0v) is 15.8. The van der Waals surface area contributed by atoms with Crippen molar-refractivity contribution in [3.05, 3.63) is 35.7 Å². The topological polar surface area (TPSA) is 147 Å². The maximum Gasteiger partial charge on any atom is 0.247 e. The summed E-state index contributed by atoms with van der Waals surface area (Å²) >= 11 is 1.01. The fourth-order valence-corrected chi connectivity index (χ4v) is 4.33. The summed E-state index contributed by atoms with van der Waals surface area (Å²) in [5.74, 6) is 2.08. The molecule has 4 rings (SSSR count). The van der Waals surface area contributed by atoms with Gasteiger partial charge in [-0.05, 0) is 25.0 Å². The van der Waals surface area contributed by atoms with Crippen LogP contribution in [-0.4, -0.2) is 40.3 Å². The molecule has 1 saturated carbocycles. The zero-order valence-electron chi connectivity index (χ0n) is 14.2. The number of aromatic nitrogens is 4. The van der Waals surface area contributed by atoms with Gasteiger partial charge in [-0.2, -0.15) is 5.10 Å². The molecule has 0 radical (unpaired) electrons. The number of sulfonamides is 1. The van der Waals surface area contributed by atoms with E-state index in [9.17, 15) is 13.5 Å². The van der Waals surface area contributed by atoms with E-state index in [-0.39, 0.29) is 16.5 Å². The predicted molar refractivity (Wildman–Crippen MR) is 110 cm³/mol. The number of hydrogen-bond acceptors (Lipinski definition) is 8. The second-order valence-corrected chi connectivity index (χ2v) is 9.18. The molecule has 3 heterocycles. The van der Waals surface area contributed by atoms with Crippen molar-refractivity contribution >= 4 is 33.0 Å². The molecule has 1 aliphatic carbocycles. The van der Waals surface area contributed by atoms with Gasteiger partial charge in [-0.3, -0.25) is 5.10 Å². The molecule has 1 fully saturated rings. The summed E-state index contributed by atoms with van der Waals surface area (Å²) in [4.78, 5) is 9.38. The third-order valence-corrected chi connectivity index (χ3v) is 6.71. The zero-order chi connectivity index (χ0) is 19.0. The van der Waals surface area contributed by atoms with Crippen LogP contribution in [0.25, 0.3) is 10.7 Å². The van der Waals surface area contributed by atoms with Crippen molar-refractivity contribution < 1.29 is 19.2 Å². The molecule has 27 heavy (non-hydrogen) atoms. The third-order valence-electron chi connectivity index (χ3n) is 4.19. The van der Waals surface area contributed by atoms with E-state index in [1.807, 2.05) is 6.07 Å². The monoisotopic (exact) mass is 414 g/mol. The van der Waals surface area contributed by atoms with Gasteiger partial charge >= 0.3 is 0 Å². The van der Waals surface area contributed by atoms with Crippen LogP contribution in [0.1, 0.15) is 35.7 Å². The number of aliphatic hydroxyl groups is 1. The van der Waals surface area contributed by atoms with E-state index >= 15 is 0 Å². The highest BCUT2D eigenvalue weighted by atomic mass is 32.2. The van der Waals surface area contributed by atoms with Crippen molar-refractivity contribution in [3.8, 4) is 10.7 Å². The number of nitrogens with zero attached hydrogens (tertiary/aromatic N) is 3. The van der Waals surface area contributed by atoms with Crippen molar-refractivity contribution in [2.45, 2.75) is 29.4 Å². The number of H-pyrrole nitrogens is 1. The molecule has 11 heteroatoms. The number of anilines is 2. The van der Waals surface area contributed by atoms with Crippen LogP contribution < -0.4 is 10.5 Å². The van der Waals surface area contributed by atoms with Crippen LogP contribution in [0.5, 0.6) is 0 Å². The van der Waals surface area contributed by atoms with Gasteiger partial charge in [-0.15, -0.1) is 11.3 Å². The highest BCUT2D eigenvalue weighted by molar-refractivity contribution is 7.91. The average Bonchev–Trinajstić information content (AvgIpc) is 3.16. The summed E-state index contributed by atoms with van der Waals surface area (Å²) in [6, 6.07) is 5.00. The van der Waals surface area contributed by atoms with Crippen molar-refractivity contribution in [1.82, 2.24) is 20.2 Å². The number of aliphatic hydroxyl groups excluding tert-OH is 1. The van der Waals surface area contributed by atoms with Gasteiger partial charge in [0.05, 0.1) is 4.88 Å². The molecule has 0 amide bonds. The first-order chi connectivity index (χ1) is 12.9. The van der Waals surface area contributed by atoms with Crippen molar-refractivity contribution in [2.24, 2.45) is 5.14 Å². The summed E-state index contributed by atoms with van der Waals surface area (Å²) in [6.07, 6.45) is 4.33. The lowest BCUT2D eigenvalue weighted by Crippen LogP contribution is -2.09. The Balaban J connectivity index is 0.00000225. The number of aromatic amines is 1. The lowest BCUT2D eigenvalue weighted by atomic mass is 10.2. The van der Waals surface area contributed by atoms with Gasteiger partial charge in [0.25, 0.3) is 0 Å². The van der Waals surface area contributed by atoms with E-state index in [2.05, 4.69) is 25.5 Å². The molecule has 0 unspecified atom stereocenters. The number of thiophene rings is 1. The Morgan fingerprint density at radius 3 is 2.89 bits per heavy atom. The molecule has 0 atom stereocenters. The molecule has 3 aromatic rings. The van der Waals surface area contributed by atoms with Crippen LogP contribution in [0.15, 0.2) is 28.6 Å². The quantitative estimate of drug-likeness (QED) is 0.464. The smallest absolute Gasteiger partial charge is 0.247 e. The van der Waals surface area contributed by atoms with E-state index in [0.29, 0.717) is 34.7 Å². The largest absolute Gasteiger partial charge is 0.396 e.